The van der Waals surface area contributed by atoms with E-state index in [-0.39, 0.29) is 41.8 Å². The van der Waals surface area contributed by atoms with Gasteiger partial charge in [-0.25, -0.2) is 8.42 Å². The van der Waals surface area contributed by atoms with Gasteiger partial charge in [0.2, 0.25) is 5.91 Å². The highest BCUT2D eigenvalue weighted by molar-refractivity contribution is 7.91. The summed E-state index contributed by atoms with van der Waals surface area (Å²) in [6.45, 7) is 3.75. The molecule has 7 heteroatoms. The fourth-order valence-electron chi connectivity index (χ4n) is 1.78. The lowest BCUT2D eigenvalue weighted by atomic mass is 10.0. The lowest BCUT2D eigenvalue weighted by molar-refractivity contribution is -0.133. The quantitative estimate of drug-likeness (QED) is 0.793. The molecule has 1 rings (SSSR count). The zero-order chi connectivity index (χ0) is 12.5. The van der Waals surface area contributed by atoms with Crippen molar-refractivity contribution in [2.45, 2.75) is 32.4 Å². The highest BCUT2D eigenvalue weighted by atomic mass is 35.5. The average Bonchev–Trinajstić information content (AvgIpc) is 2.55. The minimum Gasteiger partial charge on any atom is -0.340 e. The third-order valence-corrected chi connectivity index (χ3v) is 4.86. The number of halogens is 1. The molecule has 1 saturated heterocycles. The standard InChI is InChI=1S/C10H20N2O3S.ClH/c1-7(2)9(11)10(13)12(3)8-4-5-16(14,15)6-8;/h7-9H,4-6,11H2,1-3H3;1H. The first kappa shape index (κ1) is 16.7. The van der Waals surface area contributed by atoms with Gasteiger partial charge in [0.15, 0.2) is 9.84 Å². The summed E-state index contributed by atoms with van der Waals surface area (Å²) in [5, 5.41) is 0. The number of sulfone groups is 1. The molecule has 0 aliphatic carbocycles. The number of nitrogens with zero attached hydrogens (tertiary/aromatic N) is 1. The summed E-state index contributed by atoms with van der Waals surface area (Å²) >= 11 is 0. The van der Waals surface area contributed by atoms with Crippen LogP contribution in [0.5, 0.6) is 0 Å². The van der Waals surface area contributed by atoms with E-state index in [1.54, 1.807) is 7.05 Å². The predicted octanol–water partition coefficient (Wildman–Crippen LogP) is 0.0370. The van der Waals surface area contributed by atoms with Crippen molar-refractivity contribution in [1.29, 1.82) is 0 Å². The van der Waals surface area contributed by atoms with E-state index < -0.39 is 15.9 Å². The highest BCUT2D eigenvalue weighted by Crippen LogP contribution is 2.17. The number of likely N-dealkylation sites (N-methyl/N-ethyl adjacent to an activating group) is 1. The Labute approximate surface area is 109 Å². The van der Waals surface area contributed by atoms with Crippen LogP contribution in [0.3, 0.4) is 0 Å². The smallest absolute Gasteiger partial charge is 0.239 e. The van der Waals surface area contributed by atoms with Crippen molar-refractivity contribution in [3.05, 3.63) is 0 Å². The van der Waals surface area contributed by atoms with Crippen molar-refractivity contribution >= 4 is 28.2 Å². The van der Waals surface area contributed by atoms with Gasteiger partial charge in [-0.05, 0) is 12.3 Å². The van der Waals surface area contributed by atoms with Gasteiger partial charge in [-0.3, -0.25) is 4.79 Å². The summed E-state index contributed by atoms with van der Waals surface area (Å²) in [5.41, 5.74) is 5.76. The summed E-state index contributed by atoms with van der Waals surface area (Å²) < 4.78 is 22.6. The molecule has 0 saturated carbocycles. The molecular weight excluding hydrogens is 264 g/mol. The number of carbonyl (C=O) groups is 1. The van der Waals surface area contributed by atoms with Crippen molar-refractivity contribution in [1.82, 2.24) is 4.90 Å². The summed E-state index contributed by atoms with van der Waals surface area (Å²) in [4.78, 5) is 13.4. The molecule has 0 spiro atoms. The Hall–Kier alpha value is -0.330. The number of hydrogen-bond donors (Lipinski definition) is 1. The molecule has 2 atom stereocenters. The SMILES string of the molecule is CC(C)C(N)C(=O)N(C)C1CCS(=O)(=O)C1.Cl. The Balaban J connectivity index is 0.00000256. The number of hydrogen-bond acceptors (Lipinski definition) is 4. The van der Waals surface area contributed by atoms with E-state index in [4.69, 9.17) is 5.73 Å². The maximum atomic E-state index is 11.9. The van der Waals surface area contributed by atoms with Gasteiger partial charge in [0.25, 0.3) is 0 Å². The van der Waals surface area contributed by atoms with Gasteiger partial charge < -0.3 is 10.6 Å². The van der Waals surface area contributed by atoms with Gasteiger partial charge in [0.05, 0.1) is 17.5 Å². The largest absolute Gasteiger partial charge is 0.340 e. The predicted molar refractivity (Wildman–Crippen MR) is 69.9 cm³/mol. The Morgan fingerprint density at radius 2 is 1.94 bits per heavy atom. The zero-order valence-electron chi connectivity index (χ0n) is 10.4. The molecule has 0 aromatic heterocycles. The van der Waals surface area contributed by atoms with E-state index in [0.717, 1.165) is 0 Å². The van der Waals surface area contributed by atoms with Crippen LogP contribution in [-0.4, -0.2) is 49.9 Å². The molecule has 2 unspecified atom stereocenters. The second kappa shape index (κ2) is 6.02. The molecule has 0 aromatic rings. The second-order valence-corrected chi connectivity index (χ2v) is 7.00. The summed E-state index contributed by atoms with van der Waals surface area (Å²) in [6.07, 6.45) is 0.523. The molecule has 0 radical (unpaired) electrons. The summed E-state index contributed by atoms with van der Waals surface area (Å²) in [5.74, 6) is 0.136. The fraction of sp³-hybridized carbons (Fsp3) is 0.900. The Morgan fingerprint density at radius 1 is 1.41 bits per heavy atom. The van der Waals surface area contributed by atoms with Gasteiger partial charge >= 0.3 is 0 Å². The molecule has 1 heterocycles. The first-order valence-electron chi connectivity index (χ1n) is 5.47. The number of amides is 1. The van der Waals surface area contributed by atoms with E-state index in [2.05, 4.69) is 0 Å². The third-order valence-electron chi connectivity index (χ3n) is 3.11. The molecule has 0 aromatic carbocycles. The van der Waals surface area contributed by atoms with Crippen molar-refractivity contribution < 1.29 is 13.2 Å². The molecule has 17 heavy (non-hydrogen) atoms. The van der Waals surface area contributed by atoms with E-state index >= 15 is 0 Å². The first-order valence-corrected chi connectivity index (χ1v) is 7.29. The molecule has 102 valence electrons. The highest BCUT2D eigenvalue weighted by Gasteiger charge is 2.34. The van der Waals surface area contributed by atoms with Crippen LogP contribution in [0, 0.1) is 5.92 Å². The number of rotatable bonds is 3. The second-order valence-electron chi connectivity index (χ2n) is 4.78. The van der Waals surface area contributed by atoms with Crippen LogP contribution in [0.4, 0.5) is 0 Å². The molecule has 1 aliphatic rings. The Kier molecular flexibility index (Phi) is 5.90. The molecule has 2 N–H and O–H groups in total. The van der Waals surface area contributed by atoms with E-state index in [1.165, 1.54) is 4.90 Å². The summed E-state index contributed by atoms with van der Waals surface area (Å²) in [7, 11) is -1.32. The van der Waals surface area contributed by atoms with Crippen molar-refractivity contribution in [3.8, 4) is 0 Å². The lowest BCUT2D eigenvalue weighted by Crippen LogP contribution is -2.49. The maximum absolute atomic E-state index is 11.9. The van der Waals surface area contributed by atoms with Gasteiger partial charge in [-0.1, -0.05) is 13.8 Å². The Bertz CT molecular complexity index is 370. The van der Waals surface area contributed by atoms with Gasteiger partial charge in [-0.2, -0.15) is 0 Å². The van der Waals surface area contributed by atoms with E-state index in [9.17, 15) is 13.2 Å². The van der Waals surface area contributed by atoms with Gasteiger partial charge in [0, 0.05) is 13.1 Å². The number of carbonyl (C=O) groups excluding carboxylic acids is 1. The number of nitrogens with two attached hydrogens (primary N) is 1. The van der Waals surface area contributed by atoms with Crippen LogP contribution in [0.25, 0.3) is 0 Å². The molecule has 1 aliphatic heterocycles. The summed E-state index contributed by atoms with van der Waals surface area (Å²) in [6, 6.07) is -0.754. The van der Waals surface area contributed by atoms with Crippen LogP contribution in [0.15, 0.2) is 0 Å². The average molecular weight is 285 g/mol. The minimum atomic E-state index is -2.95. The van der Waals surface area contributed by atoms with Crippen LogP contribution in [0.1, 0.15) is 20.3 Å². The van der Waals surface area contributed by atoms with Crippen molar-refractivity contribution in [2.75, 3.05) is 18.6 Å². The minimum absolute atomic E-state index is 0. The third kappa shape index (κ3) is 4.12. The van der Waals surface area contributed by atoms with Crippen LogP contribution < -0.4 is 5.73 Å². The van der Waals surface area contributed by atoms with E-state index in [1.807, 2.05) is 13.8 Å². The normalized spacial score (nSPS) is 24.2. The fourth-order valence-corrected chi connectivity index (χ4v) is 3.56. The molecule has 5 nitrogen and oxygen atoms in total. The Morgan fingerprint density at radius 3 is 2.29 bits per heavy atom. The zero-order valence-corrected chi connectivity index (χ0v) is 12.1. The van der Waals surface area contributed by atoms with E-state index in [0.29, 0.717) is 6.42 Å². The topological polar surface area (TPSA) is 80.5 Å². The van der Waals surface area contributed by atoms with Crippen LogP contribution in [0.2, 0.25) is 0 Å². The van der Waals surface area contributed by atoms with Gasteiger partial charge in [-0.15, -0.1) is 12.4 Å². The molecule has 1 amide bonds. The monoisotopic (exact) mass is 284 g/mol. The van der Waals surface area contributed by atoms with Crippen molar-refractivity contribution in [3.63, 3.8) is 0 Å². The van der Waals surface area contributed by atoms with Crippen LogP contribution in [-0.2, 0) is 14.6 Å². The molecular formula is C10H21ClN2O3S. The van der Waals surface area contributed by atoms with Crippen molar-refractivity contribution in [2.24, 2.45) is 11.7 Å². The maximum Gasteiger partial charge on any atom is 0.239 e. The lowest BCUT2D eigenvalue weighted by Gasteiger charge is -2.27. The van der Waals surface area contributed by atoms with Gasteiger partial charge in [0.1, 0.15) is 0 Å². The molecule has 0 bridgehead atoms. The van der Waals surface area contributed by atoms with Crippen LogP contribution >= 0.6 is 12.4 Å². The first-order chi connectivity index (χ1) is 7.24. The molecule has 1 fully saturated rings.